The summed E-state index contributed by atoms with van der Waals surface area (Å²) in [6.45, 7) is 11.6. The summed E-state index contributed by atoms with van der Waals surface area (Å²) < 4.78 is 5.18. The number of nitrogens with one attached hydrogen (secondary N) is 1. The zero-order chi connectivity index (χ0) is 15.9. The number of ether oxygens (including phenoxy) is 1. The summed E-state index contributed by atoms with van der Waals surface area (Å²) in [5.74, 6) is -0.0629. The van der Waals surface area contributed by atoms with Crippen LogP contribution in [-0.4, -0.2) is 30.1 Å². The summed E-state index contributed by atoms with van der Waals surface area (Å²) in [5.41, 5.74) is 5.83. The van der Waals surface area contributed by atoms with Gasteiger partial charge in [-0.3, -0.25) is 4.79 Å². The van der Waals surface area contributed by atoms with Crippen LogP contribution in [0.4, 0.5) is 0 Å². The van der Waals surface area contributed by atoms with Crippen LogP contribution in [0.25, 0.3) is 0 Å². The van der Waals surface area contributed by atoms with Gasteiger partial charge in [-0.15, -0.1) is 0 Å². The van der Waals surface area contributed by atoms with Crippen molar-refractivity contribution in [2.45, 2.75) is 72.6 Å². The Morgan fingerprint density at radius 1 is 1.00 bits per heavy atom. The lowest BCUT2D eigenvalue weighted by atomic mass is 10.0. The van der Waals surface area contributed by atoms with Gasteiger partial charge in [-0.05, 0) is 38.5 Å². The Morgan fingerprint density at radius 3 is 1.90 bits per heavy atom. The minimum Gasteiger partial charge on any atom is -0.461 e. The maximum atomic E-state index is 12.0. The predicted molar refractivity (Wildman–Crippen MR) is 80.0 cm³/mol. The van der Waals surface area contributed by atoms with E-state index in [-0.39, 0.29) is 17.9 Å². The number of nitrogens with two attached hydrogens (primary N) is 1. The van der Waals surface area contributed by atoms with E-state index < -0.39 is 18.1 Å². The second kappa shape index (κ2) is 8.95. The average Bonchev–Trinajstić information content (AvgIpc) is 2.25. The summed E-state index contributed by atoms with van der Waals surface area (Å²) in [7, 11) is 0. The molecule has 20 heavy (non-hydrogen) atoms. The number of carbonyl (C=O) groups excluding carboxylic acids is 2. The lowest BCUT2D eigenvalue weighted by Crippen LogP contribution is -2.50. The number of carbonyl (C=O) groups is 2. The van der Waals surface area contributed by atoms with E-state index in [2.05, 4.69) is 5.32 Å². The van der Waals surface area contributed by atoms with Gasteiger partial charge < -0.3 is 15.8 Å². The molecule has 0 fully saturated rings. The highest BCUT2D eigenvalue weighted by molar-refractivity contribution is 5.87. The topological polar surface area (TPSA) is 81.4 Å². The number of amides is 1. The lowest BCUT2D eigenvalue weighted by Gasteiger charge is -2.23. The number of esters is 1. The molecule has 5 heteroatoms. The lowest BCUT2D eigenvalue weighted by molar-refractivity contribution is -0.152. The zero-order valence-electron chi connectivity index (χ0n) is 13.6. The first-order chi connectivity index (χ1) is 9.13. The Labute approximate surface area is 122 Å². The van der Waals surface area contributed by atoms with Crippen molar-refractivity contribution in [3.05, 3.63) is 0 Å². The molecular formula is C15H30N2O3. The minimum atomic E-state index is -0.622. The van der Waals surface area contributed by atoms with Crippen molar-refractivity contribution in [3.8, 4) is 0 Å². The molecule has 0 bridgehead atoms. The van der Waals surface area contributed by atoms with Crippen LogP contribution in [0, 0.1) is 11.8 Å². The molecule has 1 amide bonds. The first-order valence-electron chi connectivity index (χ1n) is 7.39. The molecule has 0 rings (SSSR count). The molecule has 5 nitrogen and oxygen atoms in total. The molecule has 0 aliphatic rings. The van der Waals surface area contributed by atoms with Crippen LogP contribution in [0.1, 0.15) is 54.4 Å². The summed E-state index contributed by atoms with van der Waals surface area (Å²) in [4.78, 5) is 24.0. The fourth-order valence-electron chi connectivity index (χ4n) is 1.89. The minimum absolute atomic E-state index is 0.196. The van der Waals surface area contributed by atoms with Crippen LogP contribution in [0.2, 0.25) is 0 Å². The second-order valence-electron chi connectivity index (χ2n) is 6.41. The molecule has 0 unspecified atom stereocenters. The van der Waals surface area contributed by atoms with Gasteiger partial charge in [0.25, 0.3) is 0 Å². The Bertz CT molecular complexity index is 314. The van der Waals surface area contributed by atoms with Crippen molar-refractivity contribution in [2.75, 3.05) is 0 Å². The van der Waals surface area contributed by atoms with Gasteiger partial charge >= 0.3 is 5.97 Å². The molecular weight excluding hydrogens is 256 g/mol. The van der Waals surface area contributed by atoms with Gasteiger partial charge in [0.1, 0.15) is 6.04 Å². The van der Waals surface area contributed by atoms with E-state index in [1.165, 1.54) is 0 Å². The average molecular weight is 286 g/mol. The van der Waals surface area contributed by atoms with Crippen LogP contribution >= 0.6 is 0 Å². The van der Waals surface area contributed by atoms with Crippen LogP contribution in [0.5, 0.6) is 0 Å². The molecule has 0 aliphatic heterocycles. The highest BCUT2D eigenvalue weighted by Crippen LogP contribution is 2.09. The molecule has 0 aliphatic carbocycles. The van der Waals surface area contributed by atoms with E-state index in [4.69, 9.17) is 10.5 Å². The molecule has 3 N–H and O–H groups in total. The van der Waals surface area contributed by atoms with Crippen molar-refractivity contribution in [1.82, 2.24) is 5.32 Å². The largest absolute Gasteiger partial charge is 0.461 e. The standard InChI is InChI=1S/C15H30N2O3/c1-9(2)7-12(16)14(18)17-13(8-10(3)4)15(19)20-11(5)6/h9-13H,7-8,16H2,1-6H3,(H,17,18)/t12-,13+/m1/s1. The summed E-state index contributed by atoms with van der Waals surface area (Å²) in [6.07, 6.45) is 0.948. The maximum Gasteiger partial charge on any atom is 0.328 e. The molecule has 0 radical (unpaired) electrons. The normalized spacial score (nSPS) is 14.5. The Morgan fingerprint density at radius 2 is 1.50 bits per heavy atom. The van der Waals surface area contributed by atoms with Crippen LogP contribution in [-0.2, 0) is 14.3 Å². The van der Waals surface area contributed by atoms with E-state index in [0.29, 0.717) is 18.8 Å². The third-order valence-electron chi connectivity index (χ3n) is 2.72. The van der Waals surface area contributed by atoms with Gasteiger partial charge in [0.05, 0.1) is 12.1 Å². The molecule has 0 aromatic heterocycles. The SMILES string of the molecule is CC(C)C[C@@H](N)C(=O)N[C@@H](CC(C)C)C(=O)OC(C)C. The van der Waals surface area contributed by atoms with Crippen molar-refractivity contribution in [2.24, 2.45) is 17.6 Å². The van der Waals surface area contributed by atoms with Crippen LogP contribution in [0.15, 0.2) is 0 Å². The maximum absolute atomic E-state index is 12.0. The number of rotatable bonds is 8. The van der Waals surface area contributed by atoms with E-state index in [1.807, 2.05) is 27.7 Å². The third-order valence-corrected chi connectivity index (χ3v) is 2.72. The molecule has 118 valence electrons. The zero-order valence-corrected chi connectivity index (χ0v) is 13.6. The van der Waals surface area contributed by atoms with Gasteiger partial charge in [-0.25, -0.2) is 4.79 Å². The predicted octanol–water partition coefficient (Wildman–Crippen LogP) is 1.84. The molecule has 0 spiro atoms. The molecule has 0 aromatic rings. The monoisotopic (exact) mass is 286 g/mol. The van der Waals surface area contributed by atoms with Crippen LogP contribution in [0.3, 0.4) is 0 Å². The molecule has 0 saturated carbocycles. The number of hydrogen-bond acceptors (Lipinski definition) is 4. The first kappa shape index (κ1) is 18.9. The van der Waals surface area contributed by atoms with Crippen LogP contribution < -0.4 is 11.1 Å². The van der Waals surface area contributed by atoms with E-state index in [0.717, 1.165) is 0 Å². The smallest absolute Gasteiger partial charge is 0.328 e. The van der Waals surface area contributed by atoms with Gasteiger partial charge in [0.15, 0.2) is 0 Å². The Hall–Kier alpha value is -1.10. The second-order valence-corrected chi connectivity index (χ2v) is 6.41. The van der Waals surface area contributed by atoms with E-state index in [1.54, 1.807) is 13.8 Å². The molecule has 0 saturated heterocycles. The first-order valence-corrected chi connectivity index (χ1v) is 7.39. The van der Waals surface area contributed by atoms with Gasteiger partial charge in [0.2, 0.25) is 5.91 Å². The van der Waals surface area contributed by atoms with Gasteiger partial charge in [0, 0.05) is 0 Å². The van der Waals surface area contributed by atoms with Crippen molar-refractivity contribution in [1.29, 1.82) is 0 Å². The molecule has 0 aromatic carbocycles. The van der Waals surface area contributed by atoms with Crippen molar-refractivity contribution >= 4 is 11.9 Å². The van der Waals surface area contributed by atoms with E-state index in [9.17, 15) is 9.59 Å². The molecule has 2 atom stereocenters. The highest BCUT2D eigenvalue weighted by Gasteiger charge is 2.26. The Kier molecular flexibility index (Phi) is 8.46. The number of hydrogen-bond donors (Lipinski definition) is 2. The van der Waals surface area contributed by atoms with E-state index >= 15 is 0 Å². The van der Waals surface area contributed by atoms with Gasteiger partial charge in [-0.2, -0.15) is 0 Å². The summed E-state index contributed by atoms with van der Waals surface area (Å²) in [5, 5.41) is 2.72. The summed E-state index contributed by atoms with van der Waals surface area (Å²) >= 11 is 0. The Balaban J connectivity index is 4.63. The fourth-order valence-corrected chi connectivity index (χ4v) is 1.89. The highest BCUT2D eigenvalue weighted by atomic mass is 16.5. The van der Waals surface area contributed by atoms with Crippen molar-refractivity contribution < 1.29 is 14.3 Å². The summed E-state index contributed by atoms with van der Waals surface area (Å²) in [6, 6.07) is -1.21. The fraction of sp³-hybridized carbons (Fsp3) is 0.867. The van der Waals surface area contributed by atoms with Gasteiger partial charge in [-0.1, -0.05) is 27.7 Å². The third kappa shape index (κ3) is 8.15. The quantitative estimate of drug-likeness (QED) is 0.667. The molecule has 0 heterocycles. The van der Waals surface area contributed by atoms with Crippen molar-refractivity contribution in [3.63, 3.8) is 0 Å².